The molecular weight excluding hydrogens is 232 g/mol. The number of hydrogen-bond acceptors (Lipinski definition) is 2. The van der Waals surface area contributed by atoms with Gasteiger partial charge in [0.1, 0.15) is 0 Å². The van der Waals surface area contributed by atoms with Crippen LogP contribution in [0.15, 0.2) is 0 Å². The summed E-state index contributed by atoms with van der Waals surface area (Å²) in [6.45, 7) is 5.57. The molecule has 0 aliphatic heterocycles. The molecule has 5 heteroatoms. The third-order valence-electron chi connectivity index (χ3n) is 3.57. The second-order valence-corrected chi connectivity index (χ2v) is 5.44. The molecule has 0 heterocycles. The summed E-state index contributed by atoms with van der Waals surface area (Å²) in [5, 5.41) is 14.2. The maximum Gasteiger partial charge on any atom is 0.314 e. The minimum Gasteiger partial charge on any atom is -0.481 e. The highest BCUT2D eigenvalue weighted by Gasteiger charge is 2.32. The van der Waals surface area contributed by atoms with Crippen LogP contribution in [0.1, 0.15) is 39.5 Å². The first-order valence-corrected chi connectivity index (χ1v) is 6.72. The van der Waals surface area contributed by atoms with Gasteiger partial charge in [-0.1, -0.05) is 13.8 Å². The van der Waals surface area contributed by atoms with Crippen LogP contribution < -0.4 is 10.6 Å². The highest BCUT2D eigenvalue weighted by Crippen LogP contribution is 2.36. The molecular formula is C13H24N2O3. The third kappa shape index (κ3) is 6.47. The number of carboxylic acids is 1. The van der Waals surface area contributed by atoms with Gasteiger partial charge in [-0.25, -0.2) is 4.79 Å². The Kier molecular flexibility index (Phi) is 5.95. The summed E-state index contributed by atoms with van der Waals surface area (Å²) in [5.41, 5.74) is 0. The number of nitrogens with one attached hydrogen (secondary N) is 2. The first-order chi connectivity index (χ1) is 8.49. The van der Waals surface area contributed by atoms with E-state index < -0.39 is 5.97 Å². The van der Waals surface area contributed by atoms with E-state index >= 15 is 0 Å². The van der Waals surface area contributed by atoms with Gasteiger partial charge in [0.2, 0.25) is 0 Å². The number of amides is 2. The molecule has 0 aromatic rings. The standard InChI is InChI=1S/C13H24N2O3/c1-9(3-4-12(16)17)5-6-14-13(18)15-8-11-7-10(11)2/h9-11H,3-8H2,1-2H3,(H,16,17)(H2,14,15,18). The fourth-order valence-corrected chi connectivity index (χ4v) is 1.92. The predicted molar refractivity (Wildman–Crippen MR) is 69.3 cm³/mol. The average molecular weight is 256 g/mol. The molecule has 1 fully saturated rings. The molecule has 2 amide bonds. The van der Waals surface area contributed by atoms with Gasteiger partial charge in [-0.15, -0.1) is 0 Å². The van der Waals surface area contributed by atoms with E-state index in [9.17, 15) is 9.59 Å². The summed E-state index contributed by atoms with van der Waals surface area (Å²) in [4.78, 5) is 21.8. The van der Waals surface area contributed by atoms with E-state index in [4.69, 9.17) is 5.11 Å². The molecule has 104 valence electrons. The van der Waals surface area contributed by atoms with E-state index in [-0.39, 0.29) is 12.5 Å². The highest BCUT2D eigenvalue weighted by atomic mass is 16.4. The van der Waals surface area contributed by atoms with Crippen molar-refractivity contribution in [2.24, 2.45) is 17.8 Å². The molecule has 18 heavy (non-hydrogen) atoms. The van der Waals surface area contributed by atoms with Crippen LogP contribution in [0.2, 0.25) is 0 Å². The number of carboxylic acid groups (broad SMARTS) is 1. The monoisotopic (exact) mass is 256 g/mol. The van der Waals surface area contributed by atoms with E-state index in [1.54, 1.807) is 0 Å². The van der Waals surface area contributed by atoms with Crippen molar-refractivity contribution in [3.63, 3.8) is 0 Å². The Morgan fingerprint density at radius 3 is 2.56 bits per heavy atom. The van der Waals surface area contributed by atoms with Gasteiger partial charge in [-0.2, -0.15) is 0 Å². The Morgan fingerprint density at radius 1 is 1.33 bits per heavy atom. The van der Waals surface area contributed by atoms with Crippen LogP contribution >= 0.6 is 0 Å². The molecule has 0 aromatic carbocycles. The van der Waals surface area contributed by atoms with Gasteiger partial charge >= 0.3 is 12.0 Å². The summed E-state index contributed by atoms with van der Waals surface area (Å²) in [6, 6.07) is -0.112. The molecule has 0 radical (unpaired) electrons. The van der Waals surface area contributed by atoms with Gasteiger partial charge in [-0.05, 0) is 37.0 Å². The van der Waals surface area contributed by atoms with Gasteiger partial charge in [-0.3, -0.25) is 4.79 Å². The van der Waals surface area contributed by atoms with E-state index in [1.165, 1.54) is 6.42 Å². The van der Waals surface area contributed by atoms with Crippen LogP contribution in [0, 0.1) is 17.8 Å². The van der Waals surface area contributed by atoms with Gasteiger partial charge in [0, 0.05) is 19.5 Å². The molecule has 3 N–H and O–H groups in total. The largest absolute Gasteiger partial charge is 0.481 e. The summed E-state index contributed by atoms with van der Waals surface area (Å²) in [6.07, 6.45) is 2.90. The van der Waals surface area contributed by atoms with Crippen molar-refractivity contribution < 1.29 is 14.7 Å². The average Bonchev–Trinajstić information content (AvgIpc) is 3.00. The molecule has 3 unspecified atom stereocenters. The van der Waals surface area contributed by atoms with Crippen molar-refractivity contribution in [1.29, 1.82) is 0 Å². The SMILES string of the molecule is CC(CCNC(=O)NCC1CC1C)CCC(=O)O. The lowest BCUT2D eigenvalue weighted by Gasteiger charge is -2.11. The number of urea groups is 1. The molecule has 1 saturated carbocycles. The fraction of sp³-hybridized carbons (Fsp3) is 0.846. The second-order valence-electron chi connectivity index (χ2n) is 5.44. The zero-order valence-corrected chi connectivity index (χ0v) is 11.2. The van der Waals surface area contributed by atoms with E-state index in [2.05, 4.69) is 17.6 Å². The molecule has 3 atom stereocenters. The predicted octanol–water partition coefficient (Wildman–Crippen LogP) is 1.83. The Morgan fingerprint density at radius 2 is 2.00 bits per heavy atom. The second kappa shape index (κ2) is 7.24. The number of carbonyl (C=O) groups excluding carboxylic acids is 1. The highest BCUT2D eigenvalue weighted by molar-refractivity contribution is 5.73. The fourth-order valence-electron chi connectivity index (χ4n) is 1.92. The van der Waals surface area contributed by atoms with Crippen LogP contribution in [-0.2, 0) is 4.79 Å². The van der Waals surface area contributed by atoms with Crippen LogP contribution in [-0.4, -0.2) is 30.2 Å². The molecule has 1 aliphatic rings. The summed E-state index contributed by atoms with van der Waals surface area (Å²) in [7, 11) is 0. The zero-order chi connectivity index (χ0) is 13.5. The lowest BCUT2D eigenvalue weighted by atomic mass is 10.0. The minimum atomic E-state index is -0.758. The van der Waals surface area contributed by atoms with Crippen molar-refractivity contribution in [3.05, 3.63) is 0 Å². The normalized spacial score (nSPS) is 23.2. The van der Waals surface area contributed by atoms with Crippen LogP contribution in [0.4, 0.5) is 4.79 Å². The molecule has 0 spiro atoms. The molecule has 1 aliphatic carbocycles. The van der Waals surface area contributed by atoms with Gasteiger partial charge in [0.25, 0.3) is 0 Å². The Labute approximate surface area is 108 Å². The van der Waals surface area contributed by atoms with E-state index in [0.29, 0.717) is 24.8 Å². The van der Waals surface area contributed by atoms with Crippen LogP contribution in [0.25, 0.3) is 0 Å². The summed E-state index contributed by atoms with van der Waals surface area (Å²) in [5.74, 6) is 0.975. The van der Waals surface area contributed by atoms with Crippen molar-refractivity contribution >= 4 is 12.0 Å². The van der Waals surface area contributed by atoms with Crippen molar-refractivity contribution in [3.8, 4) is 0 Å². The van der Waals surface area contributed by atoms with Crippen molar-refractivity contribution in [2.45, 2.75) is 39.5 Å². The maximum atomic E-state index is 11.4. The first-order valence-electron chi connectivity index (χ1n) is 6.72. The third-order valence-corrected chi connectivity index (χ3v) is 3.57. The van der Waals surface area contributed by atoms with Crippen LogP contribution in [0.5, 0.6) is 0 Å². The molecule has 1 rings (SSSR count). The maximum absolute atomic E-state index is 11.4. The lowest BCUT2D eigenvalue weighted by Crippen LogP contribution is -2.37. The van der Waals surface area contributed by atoms with Gasteiger partial charge in [0.05, 0.1) is 0 Å². The zero-order valence-electron chi connectivity index (χ0n) is 11.2. The molecule has 0 saturated heterocycles. The van der Waals surface area contributed by atoms with Crippen LogP contribution in [0.3, 0.4) is 0 Å². The van der Waals surface area contributed by atoms with E-state index in [1.807, 2.05) is 6.92 Å². The minimum absolute atomic E-state index is 0.112. The first kappa shape index (κ1) is 14.8. The smallest absolute Gasteiger partial charge is 0.314 e. The van der Waals surface area contributed by atoms with Crippen molar-refractivity contribution in [2.75, 3.05) is 13.1 Å². The van der Waals surface area contributed by atoms with Gasteiger partial charge in [0.15, 0.2) is 0 Å². The molecule has 0 aromatic heterocycles. The molecule has 5 nitrogen and oxygen atoms in total. The number of aliphatic carboxylic acids is 1. The number of hydrogen-bond donors (Lipinski definition) is 3. The molecule has 0 bridgehead atoms. The summed E-state index contributed by atoms with van der Waals surface area (Å²) >= 11 is 0. The topological polar surface area (TPSA) is 78.4 Å². The van der Waals surface area contributed by atoms with Crippen molar-refractivity contribution in [1.82, 2.24) is 10.6 Å². The quantitative estimate of drug-likeness (QED) is 0.620. The lowest BCUT2D eigenvalue weighted by molar-refractivity contribution is -0.137. The van der Waals surface area contributed by atoms with E-state index in [0.717, 1.165) is 18.9 Å². The summed E-state index contributed by atoms with van der Waals surface area (Å²) < 4.78 is 0. The Balaban J connectivity index is 1.95. The Hall–Kier alpha value is -1.26. The number of rotatable bonds is 8. The van der Waals surface area contributed by atoms with Gasteiger partial charge < -0.3 is 15.7 Å². The Bertz CT molecular complexity index is 294. The number of carbonyl (C=O) groups is 2.